The van der Waals surface area contributed by atoms with Gasteiger partial charge in [0.25, 0.3) is 5.91 Å². The van der Waals surface area contributed by atoms with Gasteiger partial charge in [-0.15, -0.1) is 0 Å². The van der Waals surface area contributed by atoms with Crippen LogP contribution in [0, 0.1) is 0 Å². The first-order valence-corrected chi connectivity index (χ1v) is 8.19. The predicted octanol–water partition coefficient (Wildman–Crippen LogP) is 2.93. The van der Waals surface area contributed by atoms with Crippen molar-refractivity contribution in [3.05, 3.63) is 54.3 Å². The zero-order valence-corrected chi connectivity index (χ0v) is 13.5. The Balaban J connectivity index is 1.85. The van der Waals surface area contributed by atoms with Crippen LogP contribution in [0.15, 0.2) is 53.1 Å². The molecule has 3 aromatic rings. The van der Waals surface area contributed by atoms with E-state index in [9.17, 15) is 4.79 Å². The quantitative estimate of drug-likeness (QED) is 0.788. The van der Waals surface area contributed by atoms with Crippen molar-refractivity contribution >= 4 is 16.8 Å². The van der Waals surface area contributed by atoms with Crippen molar-refractivity contribution in [3.63, 3.8) is 0 Å². The summed E-state index contributed by atoms with van der Waals surface area (Å²) in [4.78, 5) is 19.8. The van der Waals surface area contributed by atoms with Crippen LogP contribution in [0.25, 0.3) is 22.4 Å². The maximum Gasteiger partial charge on any atom is 0.254 e. The number of hydrogen-bond donors (Lipinski definition) is 1. The second-order valence-corrected chi connectivity index (χ2v) is 6.10. The molecule has 3 heterocycles. The van der Waals surface area contributed by atoms with Gasteiger partial charge in [-0.2, -0.15) is 0 Å². The maximum absolute atomic E-state index is 13.2. The van der Waals surface area contributed by atoms with E-state index in [1.54, 1.807) is 6.26 Å². The second kappa shape index (κ2) is 6.09. The summed E-state index contributed by atoms with van der Waals surface area (Å²) in [5.74, 6) is 0.721. The lowest BCUT2D eigenvalue weighted by Crippen LogP contribution is -2.52. The van der Waals surface area contributed by atoms with Gasteiger partial charge in [0.2, 0.25) is 0 Å². The van der Waals surface area contributed by atoms with Gasteiger partial charge >= 0.3 is 0 Å². The molecule has 2 aromatic heterocycles. The van der Waals surface area contributed by atoms with Crippen molar-refractivity contribution in [3.8, 4) is 11.5 Å². The van der Waals surface area contributed by atoms with Crippen LogP contribution < -0.4 is 5.32 Å². The van der Waals surface area contributed by atoms with Gasteiger partial charge in [0.15, 0.2) is 5.76 Å². The van der Waals surface area contributed by atoms with E-state index >= 15 is 0 Å². The molecule has 0 unspecified atom stereocenters. The number of furan rings is 1. The molecule has 0 bridgehead atoms. The van der Waals surface area contributed by atoms with Crippen molar-refractivity contribution in [1.82, 2.24) is 15.2 Å². The molecule has 1 saturated heterocycles. The molecule has 122 valence electrons. The van der Waals surface area contributed by atoms with Gasteiger partial charge in [-0.3, -0.25) is 4.79 Å². The van der Waals surface area contributed by atoms with Gasteiger partial charge in [0.05, 0.1) is 17.3 Å². The summed E-state index contributed by atoms with van der Waals surface area (Å²) in [5.41, 5.74) is 2.17. The fourth-order valence-electron chi connectivity index (χ4n) is 3.20. The van der Waals surface area contributed by atoms with Crippen LogP contribution >= 0.6 is 0 Å². The number of benzene rings is 1. The molecular weight excluding hydrogens is 302 g/mol. The van der Waals surface area contributed by atoms with E-state index in [-0.39, 0.29) is 11.9 Å². The standard InChI is InChI=1S/C19H19N3O2/c1-13-12-20-8-9-22(13)19(23)15-11-17(18-7-4-10-24-18)21-16-6-3-2-5-14(15)16/h2-7,10-11,13,20H,8-9,12H2,1H3/t13-/m0/s1. The molecule has 5 heteroatoms. The Bertz CT molecular complexity index is 873. The smallest absolute Gasteiger partial charge is 0.254 e. The average Bonchev–Trinajstić information content (AvgIpc) is 3.15. The first kappa shape index (κ1) is 14.9. The zero-order chi connectivity index (χ0) is 16.5. The van der Waals surface area contributed by atoms with Crippen LogP contribution in [0.1, 0.15) is 17.3 Å². The fraction of sp³-hybridized carbons (Fsp3) is 0.263. The Morgan fingerprint density at radius 2 is 2.17 bits per heavy atom. The predicted molar refractivity (Wildman–Crippen MR) is 92.8 cm³/mol. The minimum absolute atomic E-state index is 0.0513. The third kappa shape index (κ3) is 2.57. The maximum atomic E-state index is 13.2. The number of hydrogen-bond acceptors (Lipinski definition) is 4. The summed E-state index contributed by atoms with van der Waals surface area (Å²) in [6, 6.07) is 13.5. The zero-order valence-electron chi connectivity index (χ0n) is 13.5. The highest BCUT2D eigenvalue weighted by atomic mass is 16.3. The van der Waals surface area contributed by atoms with Crippen LogP contribution in [0.2, 0.25) is 0 Å². The number of amides is 1. The number of nitrogens with one attached hydrogen (secondary N) is 1. The first-order chi connectivity index (χ1) is 11.7. The molecule has 5 nitrogen and oxygen atoms in total. The average molecular weight is 321 g/mol. The Morgan fingerprint density at radius 3 is 2.96 bits per heavy atom. The van der Waals surface area contributed by atoms with E-state index in [1.807, 2.05) is 47.4 Å². The number of rotatable bonds is 2. The summed E-state index contributed by atoms with van der Waals surface area (Å²) in [5, 5.41) is 4.20. The number of carbonyl (C=O) groups is 1. The molecule has 0 radical (unpaired) electrons. The normalized spacial score (nSPS) is 18.0. The molecule has 1 aliphatic rings. The highest BCUT2D eigenvalue weighted by Gasteiger charge is 2.26. The van der Waals surface area contributed by atoms with Gasteiger partial charge in [-0.1, -0.05) is 18.2 Å². The van der Waals surface area contributed by atoms with Gasteiger partial charge in [0, 0.05) is 31.1 Å². The second-order valence-electron chi connectivity index (χ2n) is 6.10. The SMILES string of the molecule is C[C@H]1CNCCN1C(=O)c1cc(-c2ccco2)nc2ccccc12. The lowest BCUT2D eigenvalue weighted by molar-refractivity contribution is 0.0658. The number of nitrogens with zero attached hydrogens (tertiary/aromatic N) is 2. The van der Waals surface area contributed by atoms with Crippen molar-refractivity contribution in [2.24, 2.45) is 0 Å². The first-order valence-electron chi connectivity index (χ1n) is 8.19. The molecule has 1 fully saturated rings. The van der Waals surface area contributed by atoms with Gasteiger partial charge in [0.1, 0.15) is 5.69 Å². The van der Waals surface area contributed by atoms with E-state index in [1.165, 1.54) is 0 Å². The molecule has 1 N–H and O–H groups in total. The van der Waals surface area contributed by atoms with E-state index < -0.39 is 0 Å². The number of pyridine rings is 1. The Hall–Kier alpha value is -2.66. The molecular formula is C19H19N3O2. The van der Waals surface area contributed by atoms with Crippen molar-refractivity contribution < 1.29 is 9.21 Å². The number of para-hydroxylation sites is 1. The third-order valence-electron chi connectivity index (χ3n) is 4.48. The van der Waals surface area contributed by atoms with Crippen molar-refractivity contribution in [1.29, 1.82) is 0 Å². The number of fused-ring (bicyclic) bond motifs is 1. The summed E-state index contributed by atoms with van der Waals surface area (Å²) >= 11 is 0. The molecule has 1 atom stereocenters. The summed E-state index contributed by atoms with van der Waals surface area (Å²) < 4.78 is 5.47. The van der Waals surface area contributed by atoms with Gasteiger partial charge in [-0.05, 0) is 31.2 Å². The number of carbonyl (C=O) groups excluding carboxylic acids is 1. The highest BCUT2D eigenvalue weighted by molar-refractivity contribution is 6.07. The monoisotopic (exact) mass is 321 g/mol. The van der Waals surface area contributed by atoms with Gasteiger partial charge < -0.3 is 14.6 Å². The topological polar surface area (TPSA) is 58.4 Å². The molecule has 0 spiro atoms. The molecule has 24 heavy (non-hydrogen) atoms. The Kier molecular flexibility index (Phi) is 3.78. The van der Waals surface area contributed by atoms with Crippen molar-refractivity contribution in [2.75, 3.05) is 19.6 Å². The van der Waals surface area contributed by atoms with Crippen LogP contribution in [0.5, 0.6) is 0 Å². The molecule has 1 aliphatic heterocycles. The minimum Gasteiger partial charge on any atom is -0.463 e. The summed E-state index contributed by atoms with van der Waals surface area (Å²) in [7, 11) is 0. The Morgan fingerprint density at radius 1 is 1.29 bits per heavy atom. The lowest BCUT2D eigenvalue weighted by atomic mass is 10.0. The fourth-order valence-corrected chi connectivity index (χ4v) is 3.20. The minimum atomic E-state index is 0.0513. The summed E-state index contributed by atoms with van der Waals surface area (Å²) in [6.07, 6.45) is 1.62. The molecule has 0 aliphatic carbocycles. The van der Waals surface area contributed by atoms with Crippen LogP contribution in [-0.4, -0.2) is 41.5 Å². The number of aromatic nitrogens is 1. The van der Waals surface area contributed by atoms with E-state index in [0.717, 1.165) is 24.0 Å². The van der Waals surface area contributed by atoms with E-state index in [4.69, 9.17) is 4.42 Å². The van der Waals surface area contributed by atoms with E-state index in [0.29, 0.717) is 23.6 Å². The molecule has 1 aromatic carbocycles. The lowest BCUT2D eigenvalue weighted by Gasteiger charge is -2.34. The van der Waals surface area contributed by atoms with Gasteiger partial charge in [-0.25, -0.2) is 4.98 Å². The van der Waals surface area contributed by atoms with Crippen LogP contribution in [-0.2, 0) is 0 Å². The van der Waals surface area contributed by atoms with Crippen LogP contribution in [0.3, 0.4) is 0 Å². The molecule has 1 amide bonds. The molecule has 4 rings (SSSR count). The largest absolute Gasteiger partial charge is 0.463 e. The van der Waals surface area contributed by atoms with Crippen LogP contribution in [0.4, 0.5) is 0 Å². The van der Waals surface area contributed by atoms with Crippen molar-refractivity contribution in [2.45, 2.75) is 13.0 Å². The third-order valence-corrected chi connectivity index (χ3v) is 4.48. The number of piperazine rings is 1. The molecule has 0 saturated carbocycles. The van der Waals surface area contributed by atoms with E-state index in [2.05, 4.69) is 17.2 Å². The highest BCUT2D eigenvalue weighted by Crippen LogP contribution is 2.26. The Labute approximate surface area is 140 Å². The summed E-state index contributed by atoms with van der Waals surface area (Å²) in [6.45, 7) is 4.43.